The first-order valence-electron chi connectivity index (χ1n) is 5.22. The Morgan fingerprint density at radius 1 is 1.38 bits per heavy atom. The van der Waals surface area contributed by atoms with Crippen molar-refractivity contribution in [1.29, 1.82) is 0 Å². The van der Waals surface area contributed by atoms with Gasteiger partial charge in [0.25, 0.3) is 0 Å². The molecule has 0 bridgehead atoms. The third-order valence-electron chi connectivity index (χ3n) is 2.87. The molecule has 2 nitrogen and oxygen atoms in total. The van der Waals surface area contributed by atoms with Gasteiger partial charge in [-0.2, -0.15) is 0 Å². The van der Waals surface area contributed by atoms with Crippen molar-refractivity contribution < 1.29 is 5.21 Å². The molecule has 0 spiro atoms. The molecule has 0 saturated heterocycles. The molecule has 78 valence electrons. The summed E-state index contributed by atoms with van der Waals surface area (Å²) in [5.41, 5.74) is 0.973. The van der Waals surface area contributed by atoms with E-state index in [0.717, 1.165) is 25.0 Å². The molecule has 0 aromatic carbocycles. The second kappa shape index (κ2) is 5.25. The van der Waals surface area contributed by atoms with Gasteiger partial charge in [0.2, 0.25) is 0 Å². The topological polar surface area (TPSA) is 32.6 Å². The van der Waals surface area contributed by atoms with E-state index in [1.165, 1.54) is 0 Å². The lowest BCUT2D eigenvalue weighted by Gasteiger charge is -2.27. The van der Waals surface area contributed by atoms with Crippen molar-refractivity contribution >= 4 is 5.71 Å². The standard InChI is InChI=1S/C11H23NO/c1-6-8-9(3)10(12-13)11(4,5)7-2/h9,13H,6-8H2,1-5H3. The fourth-order valence-electron chi connectivity index (χ4n) is 1.65. The van der Waals surface area contributed by atoms with Crippen LogP contribution >= 0.6 is 0 Å². The van der Waals surface area contributed by atoms with Crippen LogP contribution in [0.1, 0.15) is 53.9 Å². The van der Waals surface area contributed by atoms with Crippen molar-refractivity contribution in [2.75, 3.05) is 0 Å². The fourth-order valence-corrected chi connectivity index (χ4v) is 1.65. The normalized spacial score (nSPS) is 15.9. The van der Waals surface area contributed by atoms with Crippen LogP contribution in [-0.4, -0.2) is 10.9 Å². The summed E-state index contributed by atoms with van der Waals surface area (Å²) in [4.78, 5) is 0. The van der Waals surface area contributed by atoms with E-state index >= 15 is 0 Å². The molecular weight excluding hydrogens is 162 g/mol. The Morgan fingerprint density at radius 3 is 2.23 bits per heavy atom. The molecule has 1 atom stereocenters. The Labute approximate surface area is 82.0 Å². The predicted octanol–water partition coefficient (Wildman–Crippen LogP) is 3.69. The molecule has 0 heterocycles. The monoisotopic (exact) mass is 185 g/mol. The second-order valence-corrected chi connectivity index (χ2v) is 4.41. The minimum Gasteiger partial charge on any atom is -0.411 e. The van der Waals surface area contributed by atoms with E-state index in [-0.39, 0.29) is 5.41 Å². The third-order valence-corrected chi connectivity index (χ3v) is 2.87. The third kappa shape index (κ3) is 3.37. The van der Waals surface area contributed by atoms with Gasteiger partial charge in [-0.05, 0) is 18.8 Å². The zero-order chi connectivity index (χ0) is 10.5. The van der Waals surface area contributed by atoms with Crippen LogP contribution in [0.5, 0.6) is 0 Å². The average molecular weight is 185 g/mol. The molecule has 1 unspecified atom stereocenters. The summed E-state index contributed by atoms with van der Waals surface area (Å²) in [5.74, 6) is 0.393. The molecule has 0 radical (unpaired) electrons. The van der Waals surface area contributed by atoms with Crippen LogP contribution in [0, 0.1) is 11.3 Å². The van der Waals surface area contributed by atoms with Gasteiger partial charge in [0.1, 0.15) is 0 Å². The molecule has 0 aromatic heterocycles. The molecule has 2 heteroatoms. The highest BCUT2D eigenvalue weighted by Crippen LogP contribution is 2.28. The largest absolute Gasteiger partial charge is 0.411 e. The molecule has 0 fully saturated rings. The number of rotatable bonds is 5. The van der Waals surface area contributed by atoms with E-state index in [9.17, 15) is 0 Å². The molecule has 0 aromatic rings. The van der Waals surface area contributed by atoms with E-state index < -0.39 is 0 Å². The van der Waals surface area contributed by atoms with Crippen molar-refractivity contribution in [2.45, 2.75) is 53.9 Å². The maximum Gasteiger partial charge on any atom is 0.0654 e. The first-order valence-corrected chi connectivity index (χ1v) is 5.22. The first kappa shape index (κ1) is 12.5. The van der Waals surface area contributed by atoms with Gasteiger partial charge in [0.05, 0.1) is 5.71 Å². The minimum absolute atomic E-state index is 0.0311. The predicted molar refractivity (Wildman–Crippen MR) is 57.4 cm³/mol. The number of hydrogen-bond donors (Lipinski definition) is 1. The van der Waals surface area contributed by atoms with Gasteiger partial charge in [-0.15, -0.1) is 0 Å². The SMILES string of the molecule is CCCC(C)C(=NO)C(C)(C)CC. The van der Waals surface area contributed by atoms with Crippen LogP contribution in [0.3, 0.4) is 0 Å². The van der Waals surface area contributed by atoms with Crippen LogP contribution in [-0.2, 0) is 0 Å². The Morgan fingerprint density at radius 2 is 1.92 bits per heavy atom. The summed E-state index contributed by atoms with van der Waals surface area (Å²) in [6, 6.07) is 0. The Bertz CT molecular complexity index is 173. The van der Waals surface area contributed by atoms with Crippen molar-refractivity contribution in [3.63, 3.8) is 0 Å². The zero-order valence-electron chi connectivity index (χ0n) is 9.59. The number of oxime groups is 1. The van der Waals surface area contributed by atoms with Crippen LogP contribution in [0.15, 0.2) is 5.16 Å². The summed E-state index contributed by atoms with van der Waals surface area (Å²) in [6.45, 7) is 10.7. The van der Waals surface area contributed by atoms with Gasteiger partial charge in [-0.25, -0.2) is 0 Å². The molecule has 0 aliphatic carbocycles. The van der Waals surface area contributed by atoms with E-state index in [4.69, 9.17) is 5.21 Å². The smallest absolute Gasteiger partial charge is 0.0654 e. The summed E-state index contributed by atoms with van der Waals surface area (Å²) >= 11 is 0. The van der Waals surface area contributed by atoms with Crippen LogP contribution in [0.4, 0.5) is 0 Å². The number of nitrogens with zero attached hydrogens (tertiary/aromatic N) is 1. The van der Waals surface area contributed by atoms with Crippen LogP contribution in [0.25, 0.3) is 0 Å². The van der Waals surface area contributed by atoms with Gasteiger partial charge in [-0.3, -0.25) is 0 Å². The van der Waals surface area contributed by atoms with E-state index in [2.05, 4.69) is 39.8 Å². The Kier molecular flexibility index (Phi) is 5.04. The summed E-state index contributed by atoms with van der Waals surface area (Å²) < 4.78 is 0. The van der Waals surface area contributed by atoms with Crippen LogP contribution < -0.4 is 0 Å². The molecular formula is C11H23NO. The molecule has 0 saturated carbocycles. The van der Waals surface area contributed by atoms with Gasteiger partial charge in [0, 0.05) is 5.41 Å². The Hall–Kier alpha value is -0.530. The van der Waals surface area contributed by atoms with Gasteiger partial charge in [0.15, 0.2) is 0 Å². The summed E-state index contributed by atoms with van der Waals surface area (Å²) in [5, 5.41) is 12.4. The highest BCUT2D eigenvalue weighted by molar-refractivity contribution is 5.90. The highest BCUT2D eigenvalue weighted by atomic mass is 16.4. The average Bonchev–Trinajstić information content (AvgIpc) is 2.05. The van der Waals surface area contributed by atoms with E-state index in [1.54, 1.807) is 0 Å². The van der Waals surface area contributed by atoms with E-state index in [1.807, 2.05) is 0 Å². The highest BCUT2D eigenvalue weighted by Gasteiger charge is 2.27. The molecule has 0 aliphatic rings. The Balaban J connectivity index is 4.52. The molecule has 0 aliphatic heterocycles. The molecule has 1 N–H and O–H groups in total. The van der Waals surface area contributed by atoms with Gasteiger partial charge in [-0.1, -0.05) is 46.2 Å². The lowest BCUT2D eigenvalue weighted by Crippen LogP contribution is -2.29. The van der Waals surface area contributed by atoms with Crippen molar-refractivity contribution in [3.05, 3.63) is 0 Å². The van der Waals surface area contributed by atoms with Crippen molar-refractivity contribution in [3.8, 4) is 0 Å². The summed E-state index contributed by atoms with van der Waals surface area (Å²) in [6.07, 6.45) is 3.25. The van der Waals surface area contributed by atoms with Gasteiger partial charge < -0.3 is 5.21 Å². The minimum atomic E-state index is 0.0311. The summed E-state index contributed by atoms with van der Waals surface area (Å²) in [7, 11) is 0. The van der Waals surface area contributed by atoms with Crippen LogP contribution in [0.2, 0.25) is 0 Å². The first-order chi connectivity index (χ1) is 5.99. The molecule has 0 rings (SSSR count). The zero-order valence-corrected chi connectivity index (χ0v) is 9.59. The quantitative estimate of drug-likeness (QED) is 0.395. The lowest BCUT2D eigenvalue weighted by molar-refractivity contribution is 0.300. The molecule has 0 amide bonds. The molecule has 13 heavy (non-hydrogen) atoms. The second-order valence-electron chi connectivity index (χ2n) is 4.41. The maximum atomic E-state index is 8.98. The van der Waals surface area contributed by atoms with E-state index in [0.29, 0.717) is 5.92 Å². The lowest BCUT2D eigenvalue weighted by atomic mass is 9.78. The maximum absolute atomic E-state index is 8.98. The van der Waals surface area contributed by atoms with Gasteiger partial charge >= 0.3 is 0 Å². The fraction of sp³-hybridized carbons (Fsp3) is 0.909. The van der Waals surface area contributed by atoms with Crippen molar-refractivity contribution in [1.82, 2.24) is 0 Å². The number of hydrogen-bond acceptors (Lipinski definition) is 2. The van der Waals surface area contributed by atoms with Crippen molar-refractivity contribution in [2.24, 2.45) is 16.5 Å².